The highest BCUT2D eigenvalue weighted by atomic mass is 16.1. The molecule has 1 rings (SSSR count). The number of hydrogen-bond donors (Lipinski definition) is 0. The van der Waals surface area contributed by atoms with Crippen LogP contribution in [-0.2, 0) is 0 Å². The monoisotopic (exact) mass is 178 g/mol. The molecule has 70 valence electrons. The molecule has 0 aliphatic carbocycles. The number of nitrogens with zero attached hydrogens (tertiary/aromatic N) is 1. The minimum Gasteiger partial charge on any atom is -0.298 e. The van der Waals surface area contributed by atoms with Gasteiger partial charge in [-0.1, -0.05) is 12.1 Å². The Morgan fingerprint density at radius 1 is 1.23 bits per heavy atom. The number of hydrogen-bond acceptors (Lipinski definition) is 1. The summed E-state index contributed by atoms with van der Waals surface area (Å²) in [4.78, 5) is 11.1. The summed E-state index contributed by atoms with van der Waals surface area (Å²) < 4.78 is 0.737. The Labute approximate surface area is 79.4 Å². The lowest BCUT2D eigenvalue weighted by molar-refractivity contribution is 0.101. The van der Waals surface area contributed by atoms with Crippen LogP contribution in [0.3, 0.4) is 0 Å². The van der Waals surface area contributed by atoms with Crippen LogP contribution >= 0.6 is 0 Å². The Hall–Kier alpha value is -1.15. The normalized spacial score (nSPS) is 11.4. The molecule has 1 aromatic carbocycles. The van der Waals surface area contributed by atoms with E-state index in [9.17, 15) is 4.79 Å². The highest BCUT2D eigenvalue weighted by Gasteiger charge is 2.12. The van der Waals surface area contributed by atoms with Crippen molar-refractivity contribution < 1.29 is 4.79 Å². The molecule has 0 saturated heterocycles. The van der Waals surface area contributed by atoms with Crippen molar-refractivity contribution in [2.75, 3.05) is 21.1 Å². The molecule has 13 heavy (non-hydrogen) atoms. The predicted octanol–water partition coefficient (Wildman–Crippen LogP) is 2.09. The molecule has 0 spiro atoms. The Morgan fingerprint density at radius 3 is 2.31 bits per heavy atom. The maximum Gasteiger partial charge on any atom is 0.160 e. The van der Waals surface area contributed by atoms with Gasteiger partial charge >= 0.3 is 0 Å². The molecule has 2 nitrogen and oxygen atoms in total. The number of carbonyl (C=O) groups is 1. The zero-order chi connectivity index (χ0) is 10.1. The van der Waals surface area contributed by atoms with Gasteiger partial charge in [-0.15, -0.1) is 0 Å². The van der Waals surface area contributed by atoms with Crippen molar-refractivity contribution in [1.29, 1.82) is 0 Å². The molecule has 0 radical (unpaired) electrons. The maximum atomic E-state index is 11.1. The van der Waals surface area contributed by atoms with E-state index in [-0.39, 0.29) is 5.78 Å². The molecule has 0 aromatic heterocycles. The Morgan fingerprint density at radius 2 is 1.85 bits per heavy atom. The molecule has 0 heterocycles. The van der Waals surface area contributed by atoms with Gasteiger partial charge in [0.2, 0.25) is 0 Å². The summed E-state index contributed by atoms with van der Waals surface area (Å²) in [6, 6.07) is 7.76. The van der Waals surface area contributed by atoms with Crippen molar-refractivity contribution in [3.63, 3.8) is 0 Å². The Balaban J connectivity index is 3.13. The molecule has 0 fully saturated rings. The van der Waals surface area contributed by atoms with Crippen molar-refractivity contribution in [3.05, 3.63) is 29.8 Å². The van der Waals surface area contributed by atoms with Gasteiger partial charge in [-0.2, -0.15) is 0 Å². The van der Waals surface area contributed by atoms with Gasteiger partial charge < -0.3 is 0 Å². The van der Waals surface area contributed by atoms with Gasteiger partial charge in [-0.25, -0.2) is 0 Å². The molecule has 0 N–H and O–H groups in total. The zero-order valence-corrected chi connectivity index (χ0v) is 8.66. The second-order valence-corrected chi connectivity index (χ2v) is 4.12. The van der Waals surface area contributed by atoms with Gasteiger partial charge in [0.15, 0.2) is 5.78 Å². The summed E-state index contributed by atoms with van der Waals surface area (Å²) in [6.45, 7) is 1.59. The smallest absolute Gasteiger partial charge is 0.160 e. The van der Waals surface area contributed by atoms with Crippen molar-refractivity contribution in [2.45, 2.75) is 6.92 Å². The summed E-state index contributed by atoms with van der Waals surface area (Å²) in [5.74, 6) is 0.121. The predicted molar refractivity (Wildman–Crippen MR) is 56.0 cm³/mol. The molecule has 0 atom stereocenters. The van der Waals surface area contributed by atoms with Crippen molar-refractivity contribution in [3.8, 4) is 0 Å². The fraction of sp³-hybridized carbons (Fsp3) is 0.364. The number of carbonyl (C=O) groups excluding carboxylic acids is 1. The highest BCUT2D eigenvalue weighted by molar-refractivity contribution is 5.94. The van der Waals surface area contributed by atoms with Crippen molar-refractivity contribution in [2.24, 2.45) is 0 Å². The lowest BCUT2D eigenvalue weighted by Gasteiger charge is -2.23. The average molecular weight is 178 g/mol. The lowest BCUT2D eigenvalue weighted by atomic mass is 10.1. The molecular weight excluding hydrogens is 162 g/mol. The minimum absolute atomic E-state index is 0.121. The topological polar surface area (TPSA) is 17.1 Å². The molecule has 0 bridgehead atoms. The van der Waals surface area contributed by atoms with Crippen LogP contribution in [0.5, 0.6) is 0 Å². The van der Waals surface area contributed by atoms with E-state index in [1.807, 2.05) is 24.3 Å². The first-order valence-corrected chi connectivity index (χ1v) is 4.34. The molecule has 0 unspecified atom stereocenters. The van der Waals surface area contributed by atoms with Gasteiger partial charge in [0, 0.05) is 11.6 Å². The number of ketones is 1. The summed E-state index contributed by atoms with van der Waals surface area (Å²) >= 11 is 0. The van der Waals surface area contributed by atoms with Crippen LogP contribution in [-0.4, -0.2) is 26.9 Å². The standard InChI is InChI=1S/C11H16NO/c1-9(13)10-6-5-7-11(8-10)12(2,3)4/h5-8H,1-4H3/q+1. The van der Waals surface area contributed by atoms with Crippen LogP contribution < -0.4 is 4.48 Å². The third-order valence-electron chi connectivity index (χ3n) is 2.03. The van der Waals surface area contributed by atoms with E-state index in [2.05, 4.69) is 21.1 Å². The second-order valence-electron chi connectivity index (χ2n) is 4.12. The van der Waals surface area contributed by atoms with Crippen LogP contribution in [0.1, 0.15) is 17.3 Å². The van der Waals surface area contributed by atoms with E-state index in [1.165, 1.54) is 0 Å². The SMILES string of the molecule is CC(=O)c1cccc([N+](C)(C)C)c1. The van der Waals surface area contributed by atoms with Gasteiger partial charge in [-0.3, -0.25) is 9.28 Å². The summed E-state index contributed by atoms with van der Waals surface area (Å²) in [7, 11) is 6.25. The van der Waals surface area contributed by atoms with Crippen molar-refractivity contribution >= 4 is 11.5 Å². The summed E-state index contributed by atoms with van der Waals surface area (Å²) in [6.07, 6.45) is 0. The van der Waals surface area contributed by atoms with E-state index in [1.54, 1.807) is 6.92 Å². The molecular formula is C11H16NO+. The molecule has 0 aliphatic rings. The fourth-order valence-electron chi connectivity index (χ4n) is 1.14. The Kier molecular flexibility index (Phi) is 2.52. The zero-order valence-electron chi connectivity index (χ0n) is 8.66. The number of benzene rings is 1. The highest BCUT2D eigenvalue weighted by Crippen LogP contribution is 2.18. The first kappa shape index (κ1) is 9.93. The number of rotatable bonds is 2. The van der Waals surface area contributed by atoms with Gasteiger partial charge in [-0.05, 0) is 13.0 Å². The molecule has 2 heteroatoms. The van der Waals surface area contributed by atoms with E-state index in [0.29, 0.717) is 0 Å². The molecule has 0 saturated carbocycles. The van der Waals surface area contributed by atoms with Crippen LogP contribution in [0.15, 0.2) is 24.3 Å². The third kappa shape index (κ3) is 2.39. The van der Waals surface area contributed by atoms with Crippen LogP contribution in [0.2, 0.25) is 0 Å². The van der Waals surface area contributed by atoms with Crippen LogP contribution in [0.4, 0.5) is 5.69 Å². The number of Topliss-reactive ketones (excluding diaryl/α,β-unsaturated/α-hetero) is 1. The van der Waals surface area contributed by atoms with E-state index < -0.39 is 0 Å². The first-order valence-electron chi connectivity index (χ1n) is 4.34. The second kappa shape index (κ2) is 3.30. The van der Waals surface area contributed by atoms with E-state index >= 15 is 0 Å². The van der Waals surface area contributed by atoms with Gasteiger partial charge in [0.05, 0.1) is 21.1 Å². The van der Waals surface area contributed by atoms with Gasteiger partial charge in [0.25, 0.3) is 0 Å². The van der Waals surface area contributed by atoms with E-state index in [0.717, 1.165) is 15.7 Å². The van der Waals surface area contributed by atoms with Crippen LogP contribution in [0.25, 0.3) is 0 Å². The first-order chi connectivity index (χ1) is 5.91. The Bertz CT molecular complexity index is 323. The van der Waals surface area contributed by atoms with Crippen molar-refractivity contribution in [1.82, 2.24) is 4.48 Å². The number of quaternary nitrogens is 1. The van der Waals surface area contributed by atoms with Gasteiger partial charge in [0.1, 0.15) is 5.69 Å². The summed E-state index contributed by atoms with van der Waals surface area (Å²) in [5, 5.41) is 0. The minimum atomic E-state index is 0.121. The maximum absolute atomic E-state index is 11.1. The molecule has 0 aliphatic heterocycles. The lowest BCUT2D eigenvalue weighted by Crippen LogP contribution is -2.34. The van der Waals surface area contributed by atoms with E-state index in [4.69, 9.17) is 0 Å². The largest absolute Gasteiger partial charge is 0.298 e. The third-order valence-corrected chi connectivity index (χ3v) is 2.03. The summed E-state index contributed by atoms with van der Waals surface area (Å²) in [5.41, 5.74) is 1.93. The fourth-order valence-corrected chi connectivity index (χ4v) is 1.14. The van der Waals surface area contributed by atoms with Crippen LogP contribution in [0, 0.1) is 0 Å². The molecule has 1 aromatic rings. The quantitative estimate of drug-likeness (QED) is 0.500. The average Bonchev–Trinajstić information content (AvgIpc) is 2.03. The molecule has 0 amide bonds.